The molecule has 0 rings (SSSR count). The van der Waals surface area contributed by atoms with E-state index in [1.165, 1.54) is 12.8 Å². The molecule has 0 aromatic carbocycles. The average molecular weight is 94.1 g/mol. The predicted octanol–water partition coefficient (Wildman–Crippen LogP) is -0.441. The topological polar surface area (TPSA) is 0 Å². The van der Waals surface area contributed by atoms with Crippen molar-refractivity contribution in [3.8, 4) is 0 Å². The van der Waals surface area contributed by atoms with Gasteiger partial charge in [-0.15, -0.1) is 0 Å². The van der Waals surface area contributed by atoms with E-state index in [1.807, 2.05) is 0 Å². The Morgan fingerprint density at radius 2 is 1.86 bits per heavy atom. The minimum atomic E-state index is 0. The maximum absolute atomic E-state index is 2.25. The predicted molar refractivity (Wildman–Crippen MR) is 30.9 cm³/mol. The molecule has 0 saturated heterocycles. The van der Waals surface area contributed by atoms with Gasteiger partial charge in [0.05, 0.1) is 0 Å². The zero-order chi connectivity index (χ0) is 4.99. The summed E-state index contributed by atoms with van der Waals surface area (Å²) in [6.45, 7) is 6.73. The molecule has 0 aromatic rings. The molecule has 1 heteroatoms. The first kappa shape index (κ1) is 10.6. The second kappa shape index (κ2) is 6.60. The monoisotopic (exact) mass is 94.1 g/mol. The molecule has 0 fully saturated rings. The van der Waals surface area contributed by atoms with Crippen LogP contribution in [0.1, 0.15) is 35.0 Å². The van der Waals surface area contributed by atoms with Crippen LogP contribution in [0, 0.1) is 5.92 Å². The molecule has 0 aliphatic carbocycles. The Bertz CT molecular complexity index is 29.7. The summed E-state index contributed by atoms with van der Waals surface area (Å²) in [5.41, 5.74) is 0. The van der Waals surface area contributed by atoms with Gasteiger partial charge in [0.1, 0.15) is 0 Å². The SMILES string of the molecule is CCCC(C)C.[H-].[Li+]. The van der Waals surface area contributed by atoms with Gasteiger partial charge in [-0.25, -0.2) is 0 Å². The van der Waals surface area contributed by atoms with Gasteiger partial charge in [-0.1, -0.05) is 33.6 Å². The average Bonchev–Trinajstić information content (AvgIpc) is 1.35. The normalized spacial score (nSPS) is 8.57. The molecule has 40 valence electrons. The van der Waals surface area contributed by atoms with Crippen molar-refractivity contribution in [1.29, 1.82) is 0 Å². The first-order valence-electron chi connectivity index (χ1n) is 2.77. The third kappa shape index (κ3) is 10.8. The molecule has 0 N–H and O–H groups in total. The van der Waals surface area contributed by atoms with E-state index in [-0.39, 0.29) is 20.3 Å². The van der Waals surface area contributed by atoms with Crippen LogP contribution in [0.2, 0.25) is 0 Å². The Balaban J connectivity index is -0.000000125. The standard InChI is InChI=1S/C6H14.Li.H/c1-4-5-6(2)3;;/h6H,4-5H2,1-3H3;;/q;+1;-1. The molecule has 0 aromatic heterocycles. The van der Waals surface area contributed by atoms with Crippen LogP contribution >= 0.6 is 0 Å². The van der Waals surface area contributed by atoms with Gasteiger partial charge in [0.15, 0.2) is 0 Å². The van der Waals surface area contributed by atoms with Gasteiger partial charge in [-0.2, -0.15) is 0 Å². The van der Waals surface area contributed by atoms with Crippen LogP contribution in [0.15, 0.2) is 0 Å². The van der Waals surface area contributed by atoms with Crippen molar-refractivity contribution in [2.24, 2.45) is 5.92 Å². The van der Waals surface area contributed by atoms with Crippen LogP contribution in [0.5, 0.6) is 0 Å². The summed E-state index contributed by atoms with van der Waals surface area (Å²) in [5, 5.41) is 0. The molecular weight excluding hydrogens is 79.0 g/mol. The first-order chi connectivity index (χ1) is 2.77. The van der Waals surface area contributed by atoms with Crippen molar-refractivity contribution in [3.05, 3.63) is 0 Å². The van der Waals surface area contributed by atoms with Gasteiger partial charge in [0.25, 0.3) is 0 Å². The van der Waals surface area contributed by atoms with Crippen molar-refractivity contribution in [2.75, 3.05) is 0 Å². The molecule has 0 amide bonds. The molecule has 0 saturated carbocycles. The summed E-state index contributed by atoms with van der Waals surface area (Å²) in [5.74, 6) is 0.898. The molecule has 0 aliphatic rings. The molecule has 0 spiro atoms. The van der Waals surface area contributed by atoms with E-state index in [0.717, 1.165) is 5.92 Å². The quantitative estimate of drug-likeness (QED) is 0.407. The summed E-state index contributed by atoms with van der Waals surface area (Å²) >= 11 is 0. The van der Waals surface area contributed by atoms with Gasteiger partial charge < -0.3 is 1.43 Å². The van der Waals surface area contributed by atoms with Crippen molar-refractivity contribution >= 4 is 0 Å². The van der Waals surface area contributed by atoms with E-state index >= 15 is 0 Å². The van der Waals surface area contributed by atoms with Crippen molar-refractivity contribution in [3.63, 3.8) is 0 Å². The molecule has 0 heterocycles. The van der Waals surface area contributed by atoms with Crippen LogP contribution in [-0.2, 0) is 0 Å². The van der Waals surface area contributed by atoms with Crippen molar-refractivity contribution < 1.29 is 20.3 Å². The summed E-state index contributed by atoms with van der Waals surface area (Å²) in [4.78, 5) is 0. The van der Waals surface area contributed by atoms with Gasteiger partial charge in [-0.3, -0.25) is 0 Å². The zero-order valence-electron chi connectivity index (χ0n) is 6.99. The Morgan fingerprint density at radius 3 is 1.86 bits per heavy atom. The minimum absolute atomic E-state index is 0. The molecule has 7 heavy (non-hydrogen) atoms. The molecular formula is C6H15Li. The van der Waals surface area contributed by atoms with E-state index in [9.17, 15) is 0 Å². The Hall–Kier alpha value is 0.597. The van der Waals surface area contributed by atoms with E-state index in [0.29, 0.717) is 0 Å². The number of hydrogen-bond acceptors (Lipinski definition) is 0. The van der Waals surface area contributed by atoms with Crippen LogP contribution < -0.4 is 18.9 Å². The summed E-state index contributed by atoms with van der Waals surface area (Å²) < 4.78 is 0. The van der Waals surface area contributed by atoms with Crippen LogP contribution in [-0.4, -0.2) is 0 Å². The third-order valence-electron chi connectivity index (χ3n) is 0.866. The van der Waals surface area contributed by atoms with E-state index in [1.54, 1.807) is 0 Å². The Morgan fingerprint density at radius 1 is 1.43 bits per heavy atom. The zero-order valence-corrected chi connectivity index (χ0v) is 5.99. The Kier molecular flexibility index (Phi) is 9.95. The third-order valence-corrected chi connectivity index (χ3v) is 0.866. The fraction of sp³-hybridized carbons (Fsp3) is 1.00. The van der Waals surface area contributed by atoms with Crippen LogP contribution in [0.25, 0.3) is 0 Å². The van der Waals surface area contributed by atoms with E-state index in [4.69, 9.17) is 0 Å². The maximum atomic E-state index is 2.25. The van der Waals surface area contributed by atoms with E-state index in [2.05, 4.69) is 20.8 Å². The smallest absolute Gasteiger partial charge is 1.00 e. The fourth-order valence-corrected chi connectivity index (χ4v) is 0.577. The summed E-state index contributed by atoms with van der Waals surface area (Å²) in [7, 11) is 0. The van der Waals surface area contributed by atoms with Gasteiger partial charge in [0, 0.05) is 0 Å². The van der Waals surface area contributed by atoms with Gasteiger partial charge >= 0.3 is 18.9 Å². The van der Waals surface area contributed by atoms with Crippen LogP contribution in [0.4, 0.5) is 0 Å². The van der Waals surface area contributed by atoms with Crippen molar-refractivity contribution in [1.82, 2.24) is 0 Å². The number of rotatable bonds is 2. The summed E-state index contributed by atoms with van der Waals surface area (Å²) in [6.07, 6.45) is 2.71. The maximum Gasteiger partial charge on any atom is 1.00 e. The van der Waals surface area contributed by atoms with Gasteiger partial charge in [0.2, 0.25) is 0 Å². The Labute approximate surface area is 60.3 Å². The molecule has 0 bridgehead atoms. The van der Waals surface area contributed by atoms with E-state index < -0.39 is 0 Å². The second-order valence-electron chi connectivity index (χ2n) is 2.18. The molecule has 0 atom stereocenters. The largest absolute Gasteiger partial charge is 1.00 e. The molecule has 0 aliphatic heterocycles. The molecule has 0 radical (unpaired) electrons. The summed E-state index contributed by atoms with van der Waals surface area (Å²) in [6, 6.07) is 0. The van der Waals surface area contributed by atoms with Gasteiger partial charge in [-0.05, 0) is 5.92 Å². The first-order valence-corrected chi connectivity index (χ1v) is 2.77. The van der Waals surface area contributed by atoms with Crippen molar-refractivity contribution in [2.45, 2.75) is 33.6 Å². The minimum Gasteiger partial charge on any atom is -1.00 e. The number of hydrogen-bond donors (Lipinski definition) is 0. The molecule has 0 unspecified atom stereocenters. The fourth-order valence-electron chi connectivity index (χ4n) is 0.577. The second-order valence-corrected chi connectivity index (χ2v) is 2.18. The van der Waals surface area contributed by atoms with Crippen LogP contribution in [0.3, 0.4) is 0 Å². The molecule has 0 nitrogen and oxygen atoms in total.